The number of halogens is 1. The molecule has 1 atom stereocenters. The maximum Gasteiger partial charge on any atom is 0.280 e. The van der Waals surface area contributed by atoms with Crippen LogP contribution >= 0.6 is 0 Å². The van der Waals surface area contributed by atoms with E-state index in [1.807, 2.05) is 26.0 Å². The Hall–Kier alpha value is -3.75. The molecule has 3 aromatic heterocycles. The number of rotatable bonds is 6. The van der Waals surface area contributed by atoms with E-state index in [1.165, 1.54) is 16.8 Å². The van der Waals surface area contributed by atoms with Crippen LogP contribution in [0.4, 0.5) is 4.39 Å². The number of aromatic nitrogens is 5. The Balaban J connectivity index is 1.93. The lowest BCUT2D eigenvalue weighted by molar-refractivity contribution is -0.122. The molecule has 0 saturated heterocycles. The molecule has 9 heteroatoms. The van der Waals surface area contributed by atoms with Crippen LogP contribution in [0.15, 0.2) is 53.6 Å². The van der Waals surface area contributed by atoms with Crippen molar-refractivity contribution in [2.75, 3.05) is 0 Å². The highest BCUT2D eigenvalue weighted by Crippen LogP contribution is 2.24. The van der Waals surface area contributed by atoms with Crippen LogP contribution in [0.25, 0.3) is 22.4 Å². The maximum absolute atomic E-state index is 13.9. The predicted octanol–water partition coefficient (Wildman–Crippen LogP) is 2.74. The van der Waals surface area contributed by atoms with Crippen molar-refractivity contribution in [3.63, 3.8) is 0 Å². The number of carbonyl (C=O) groups is 1. The molecule has 1 amide bonds. The molecule has 1 aromatic carbocycles. The van der Waals surface area contributed by atoms with Crippen molar-refractivity contribution in [2.24, 2.45) is 0 Å². The van der Waals surface area contributed by atoms with E-state index in [-0.39, 0.29) is 18.5 Å². The van der Waals surface area contributed by atoms with Crippen molar-refractivity contribution in [1.82, 2.24) is 29.4 Å². The average Bonchev–Trinajstić information content (AvgIpc) is 3.39. The van der Waals surface area contributed by atoms with Crippen molar-refractivity contribution in [1.29, 1.82) is 0 Å². The fourth-order valence-corrected chi connectivity index (χ4v) is 3.43. The SMILES string of the molecule is CCC(C)NC(=O)Cn1nc(C)c2nn(-c3cccc(F)c3)c(-n3cccc3)c2c1=O. The zero-order valence-corrected chi connectivity index (χ0v) is 17.5. The van der Waals surface area contributed by atoms with Crippen molar-refractivity contribution in [3.8, 4) is 11.5 Å². The Morgan fingerprint density at radius 1 is 1.19 bits per heavy atom. The number of hydrogen-bond donors (Lipinski definition) is 1. The maximum atomic E-state index is 13.9. The van der Waals surface area contributed by atoms with E-state index in [0.717, 1.165) is 11.1 Å². The molecule has 0 aliphatic carbocycles. The Morgan fingerprint density at radius 3 is 2.61 bits per heavy atom. The van der Waals surface area contributed by atoms with E-state index in [1.54, 1.807) is 36.0 Å². The molecule has 1 unspecified atom stereocenters. The molecule has 3 heterocycles. The molecule has 4 rings (SSSR count). The smallest absolute Gasteiger partial charge is 0.280 e. The van der Waals surface area contributed by atoms with Crippen LogP contribution in [0, 0.1) is 12.7 Å². The van der Waals surface area contributed by atoms with Crippen LogP contribution in [-0.4, -0.2) is 36.1 Å². The number of nitrogens with one attached hydrogen (secondary N) is 1. The minimum atomic E-state index is -0.439. The third-order valence-corrected chi connectivity index (χ3v) is 5.14. The summed E-state index contributed by atoms with van der Waals surface area (Å²) in [5.41, 5.74) is 0.928. The number of fused-ring (bicyclic) bond motifs is 1. The summed E-state index contributed by atoms with van der Waals surface area (Å²) in [6, 6.07) is 9.63. The number of benzene rings is 1. The second-order valence-corrected chi connectivity index (χ2v) is 7.45. The van der Waals surface area contributed by atoms with Crippen LogP contribution in [0.1, 0.15) is 26.0 Å². The Kier molecular flexibility index (Phi) is 5.41. The van der Waals surface area contributed by atoms with Crippen LogP contribution in [0.5, 0.6) is 0 Å². The first-order valence-corrected chi connectivity index (χ1v) is 10.1. The fraction of sp³-hybridized carbons (Fsp3) is 0.273. The van der Waals surface area contributed by atoms with Gasteiger partial charge < -0.3 is 9.88 Å². The number of amides is 1. The second-order valence-electron chi connectivity index (χ2n) is 7.45. The highest BCUT2D eigenvalue weighted by Gasteiger charge is 2.22. The van der Waals surface area contributed by atoms with E-state index >= 15 is 0 Å². The minimum Gasteiger partial charge on any atom is -0.352 e. The fourth-order valence-electron chi connectivity index (χ4n) is 3.43. The van der Waals surface area contributed by atoms with Gasteiger partial charge in [-0.3, -0.25) is 9.59 Å². The molecule has 4 aromatic rings. The Labute approximate surface area is 177 Å². The van der Waals surface area contributed by atoms with Gasteiger partial charge in [0.25, 0.3) is 5.56 Å². The first kappa shape index (κ1) is 20.5. The molecule has 0 spiro atoms. The molecule has 31 heavy (non-hydrogen) atoms. The zero-order chi connectivity index (χ0) is 22.1. The first-order chi connectivity index (χ1) is 14.9. The summed E-state index contributed by atoms with van der Waals surface area (Å²) < 4.78 is 18.3. The van der Waals surface area contributed by atoms with Gasteiger partial charge >= 0.3 is 0 Å². The van der Waals surface area contributed by atoms with Crippen molar-refractivity contribution >= 4 is 16.8 Å². The molecule has 0 fully saturated rings. The number of aryl methyl sites for hydroxylation is 1. The summed E-state index contributed by atoms with van der Waals surface area (Å²) in [5.74, 6) is -0.246. The molecule has 0 aliphatic rings. The number of carbonyl (C=O) groups excluding carboxylic acids is 1. The van der Waals surface area contributed by atoms with Crippen LogP contribution in [-0.2, 0) is 11.3 Å². The highest BCUT2D eigenvalue weighted by atomic mass is 19.1. The average molecular weight is 422 g/mol. The zero-order valence-electron chi connectivity index (χ0n) is 17.5. The molecule has 160 valence electrons. The lowest BCUT2D eigenvalue weighted by Crippen LogP contribution is -2.38. The normalized spacial score (nSPS) is 12.3. The summed E-state index contributed by atoms with van der Waals surface area (Å²) in [4.78, 5) is 25.8. The number of hydrogen-bond acceptors (Lipinski definition) is 4. The van der Waals surface area contributed by atoms with Gasteiger partial charge in [0, 0.05) is 18.4 Å². The Morgan fingerprint density at radius 2 is 1.94 bits per heavy atom. The topological polar surface area (TPSA) is 86.7 Å². The van der Waals surface area contributed by atoms with Gasteiger partial charge in [0.1, 0.15) is 23.3 Å². The molecule has 0 aliphatic heterocycles. The van der Waals surface area contributed by atoms with Crippen molar-refractivity contribution < 1.29 is 9.18 Å². The highest BCUT2D eigenvalue weighted by molar-refractivity contribution is 5.88. The summed E-state index contributed by atoms with van der Waals surface area (Å²) in [7, 11) is 0. The number of nitrogens with zero attached hydrogens (tertiary/aromatic N) is 5. The lowest BCUT2D eigenvalue weighted by atomic mass is 10.2. The molecule has 8 nitrogen and oxygen atoms in total. The van der Waals surface area contributed by atoms with Crippen molar-refractivity contribution in [3.05, 3.63) is 70.7 Å². The molecular weight excluding hydrogens is 399 g/mol. The standard InChI is InChI=1S/C22H23FN6O2/c1-4-14(2)24-18(30)13-28-22(31)19-20(15(3)25-28)26-29(17-9-7-8-16(23)12-17)21(19)27-10-5-6-11-27/h5-12,14H,4,13H2,1-3H3,(H,24,30). The molecule has 0 saturated carbocycles. The van der Waals surface area contributed by atoms with Gasteiger partial charge in [0.05, 0.1) is 11.4 Å². The lowest BCUT2D eigenvalue weighted by Gasteiger charge is -2.12. The second kappa shape index (κ2) is 8.17. The summed E-state index contributed by atoms with van der Waals surface area (Å²) in [6.07, 6.45) is 4.34. The minimum absolute atomic E-state index is 0.000748. The quantitative estimate of drug-likeness (QED) is 0.518. The van der Waals surface area contributed by atoms with E-state index < -0.39 is 11.4 Å². The molecule has 1 N–H and O–H groups in total. The van der Waals surface area contributed by atoms with Crippen LogP contribution in [0.3, 0.4) is 0 Å². The molecule has 0 bridgehead atoms. The summed E-state index contributed by atoms with van der Waals surface area (Å²) in [6.45, 7) is 5.40. The largest absolute Gasteiger partial charge is 0.352 e. The van der Waals surface area contributed by atoms with Gasteiger partial charge in [-0.05, 0) is 50.6 Å². The monoisotopic (exact) mass is 422 g/mol. The van der Waals surface area contributed by atoms with Gasteiger partial charge in [-0.15, -0.1) is 0 Å². The molecular formula is C22H23FN6O2. The van der Waals surface area contributed by atoms with Crippen LogP contribution < -0.4 is 10.9 Å². The van der Waals surface area contributed by atoms with Gasteiger partial charge in [-0.1, -0.05) is 13.0 Å². The van der Waals surface area contributed by atoms with Crippen LogP contribution in [0.2, 0.25) is 0 Å². The predicted molar refractivity (Wildman–Crippen MR) is 115 cm³/mol. The molecule has 0 radical (unpaired) electrons. The van der Waals surface area contributed by atoms with Gasteiger partial charge in [-0.25, -0.2) is 13.8 Å². The van der Waals surface area contributed by atoms with E-state index in [2.05, 4.69) is 15.5 Å². The van der Waals surface area contributed by atoms with E-state index in [0.29, 0.717) is 28.1 Å². The summed E-state index contributed by atoms with van der Waals surface area (Å²) >= 11 is 0. The van der Waals surface area contributed by atoms with E-state index in [4.69, 9.17) is 0 Å². The third-order valence-electron chi connectivity index (χ3n) is 5.14. The van der Waals surface area contributed by atoms with Crippen molar-refractivity contribution in [2.45, 2.75) is 39.8 Å². The van der Waals surface area contributed by atoms with Gasteiger partial charge in [-0.2, -0.15) is 10.2 Å². The van der Waals surface area contributed by atoms with Gasteiger partial charge in [0.15, 0.2) is 5.82 Å². The van der Waals surface area contributed by atoms with E-state index in [9.17, 15) is 14.0 Å². The summed E-state index contributed by atoms with van der Waals surface area (Å²) in [5, 5.41) is 12.0. The third kappa shape index (κ3) is 3.86. The Bertz CT molecular complexity index is 1310. The van der Waals surface area contributed by atoms with Gasteiger partial charge in [0.2, 0.25) is 5.91 Å². The first-order valence-electron chi connectivity index (χ1n) is 10.1.